The molecule has 0 fully saturated rings. The third kappa shape index (κ3) is 3.73. The average Bonchev–Trinajstić information content (AvgIpc) is 3.27. The maximum atomic E-state index is 16.0. The predicted molar refractivity (Wildman–Crippen MR) is 129 cm³/mol. The molecule has 1 aromatic heterocycles. The third-order valence-corrected chi connectivity index (χ3v) is 6.40. The summed E-state index contributed by atoms with van der Waals surface area (Å²) in [5.74, 6) is -6.14. The highest BCUT2D eigenvalue weighted by Crippen LogP contribution is 2.50. The number of halogens is 4. The predicted octanol–water partition coefficient (Wildman–Crippen LogP) is 6.72. The molecule has 0 saturated carbocycles. The number of carboxylic acids is 1. The number of H-pyrrole nitrogens is 1. The maximum Gasteiger partial charge on any atom is 0.335 e. The Bertz CT molecular complexity index is 1490. The highest BCUT2D eigenvalue weighted by Gasteiger charge is 2.41. The van der Waals surface area contributed by atoms with Crippen molar-refractivity contribution < 1.29 is 27.5 Å². The molecule has 2 N–H and O–H groups in total. The molecule has 0 saturated heterocycles. The molecule has 2 heterocycles. The number of nitrogens with one attached hydrogen (secondary N) is 1. The Morgan fingerprint density at radius 2 is 1.75 bits per heavy atom. The van der Waals surface area contributed by atoms with Crippen molar-refractivity contribution in [3.8, 4) is 0 Å². The van der Waals surface area contributed by atoms with E-state index in [0.29, 0.717) is 23.7 Å². The molecule has 186 valence electrons. The molecule has 0 aliphatic carbocycles. The summed E-state index contributed by atoms with van der Waals surface area (Å²) < 4.78 is 58.6. The van der Waals surface area contributed by atoms with Crippen molar-refractivity contribution in [3.63, 3.8) is 0 Å². The molecule has 6 nitrogen and oxygen atoms in total. The Hall–Kier alpha value is -4.08. The molecule has 0 spiro atoms. The van der Waals surface area contributed by atoms with Crippen LogP contribution in [0.15, 0.2) is 54.7 Å². The number of carboxylic acid groups (broad SMARTS) is 1. The van der Waals surface area contributed by atoms with E-state index in [1.165, 1.54) is 24.4 Å². The molecule has 36 heavy (non-hydrogen) atoms. The van der Waals surface area contributed by atoms with Crippen molar-refractivity contribution in [2.45, 2.75) is 32.2 Å². The van der Waals surface area contributed by atoms with Gasteiger partial charge in [0.1, 0.15) is 17.0 Å². The fourth-order valence-electron chi connectivity index (χ4n) is 4.80. The second kappa shape index (κ2) is 7.97. The van der Waals surface area contributed by atoms with Gasteiger partial charge in [-0.1, -0.05) is 0 Å². The topological polar surface area (TPSA) is 72.5 Å². The Balaban J connectivity index is 1.76. The van der Waals surface area contributed by atoms with Gasteiger partial charge in [-0.3, -0.25) is 5.10 Å². The molecule has 0 atom stereocenters. The minimum absolute atomic E-state index is 0.0840. The number of alkyl halides is 2. The number of carbonyl (C=O) groups is 1. The van der Waals surface area contributed by atoms with Crippen LogP contribution in [-0.4, -0.2) is 33.4 Å². The number of aromatic nitrogens is 2. The lowest BCUT2D eigenvalue weighted by atomic mass is 9.92. The molecular formula is C26H22F4N4O2. The molecule has 5 rings (SSSR count). The molecular weight excluding hydrogens is 476 g/mol. The number of hydrogen-bond acceptors (Lipinski definition) is 4. The molecule has 0 radical (unpaired) electrons. The zero-order valence-electron chi connectivity index (χ0n) is 19.6. The van der Waals surface area contributed by atoms with E-state index in [9.17, 15) is 23.1 Å². The second-order valence-electron chi connectivity index (χ2n) is 9.53. The Labute approximate surface area is 203 Å². The van der Waals surface area contributed by atoms with E-state index in [-0.39, 0.29) is 29.0 Å². The van der Waals surface area contributed by atoms with Crippen molar-refractivity contribution in [3.05, 3.63) is 77.5 Å². The molecule has 1 aliphatic rings. The number of aromatic amines is 1. The normalized spacial score (nSPS) is 15.3. The first-order chi connectivity index (χ1) is 16.9. The van der Waals surface area contributed by atoms with E-state index < -0.39 is 34.6 Å². The van der Waals surface area contributed by atoms with Crippen LogP contribution >= 0.6 is 0 Å². The zero-order chi connectivity index (χ0) is 26.0. The van der Waals surface area contributed by atoms with E-state index >= 15 is 4.39 Å². The van der Waals surface area contributed by atoms with Crippen LogP contribution in [0.5, 0.6) is 0 Å². The Morgan fingerprint density at radius 1 is 1.08 bits per heavy atom. The van der Waals surface area contributed by atoms with Gasteiger partial charge in [0.25, 0.3) is 5.92 Å². The van der Waals surface area contributed by atoms with Crippen LogP contribution < -0.4 is 9.80 Å². The molecule has 0 amide bonds. The number of nitrogens with zero attached hydrogens (tertiary/aromatic N) is 3. The van der Waals surface area contributed by atoms with Crippen LogP contribution in [0.2, 0.25) is 0 Å². The fourth-order valence-corrected chi connectivity index (χ4v) is 4.80. The number of aromatic carboxylic acids is 1. The Morgan fingerprint density at radius 3 is 2.39 bits per heavy atom. The van der Waals surface area contributed by atoms with Crippen molar-refractivity contribution >= 4 is 39.6 Å². The lowest BCUT2D eigenvalue weighted by Crippen LogP contribution is -2.53. The summed E-state index contributed by atoms with van der Waals surface area (Å²) in [5, 5.41) is 16.3. The minimum Gasteiger partial charge on any atom is -0.478 e. The number of rotatable bonds is 4. The van der Waals surface area contributed by atoms with Crippen molar-refractivity contribution in [1.82, 2.24) is 10.2 Å². The van der Waals surface area contributed by atoms with Gasteiger partial charge in [0, 0.05) is 30.2 Å². The SMILES string of the molecule is CC(F)(F)c1cc(N2c3cc4cn[nH]c4c(F)c3N(c3ccc(C(=O)O)cc3)CC2(C)C)ccc1F. The van der Waals surface area contributed by atoms with Gasteiger partial charge in [-0.25, -0.2) is 22.4 Å². The highest BCUT2D eigenvalue weighted by molar-refractivity contribution is 5.96. The molecule has 0 bridgehead atoms. The first kappa shape index (κ1) is 23.7. The monoisotopic (exact) mass is 498 g/mol. The van der Waals surface area contributed by atoms with Gasteiger partial charge in [0.15, 0.2) is 5.82 Å². The zero-order valence-corrected chi connectivity index (χ0v) is 19.6. The smallest absolute Gasteiger partial charge is 0.335 e. The lowest BCUT2D eigenvalue weighted by Gasteiger charge is -2.50. The summed E-state index contributed by atoms with van der Waals surface area (Å²) in [5.41, 5.74) is 0.0599. The lowest BCUT2D eigenvalue weighted by molar-refractivity contribution is 0.0138. The van der Waals surface area contributed by atoms with Gasteiger partial charge < -0.3 is 14.9 Å². The highest BCUT2D eigenvalue weighted by atomic mass is 19.3. The van der Waals surface area contributed by atoms with Gasteiger partial charge in [-0.05, 0) is 62.4 Å². The first-order valence-electron chi connectivity index (χ1n) is 11.1. The van der Waals surface area contributed by atoms with Gasteiger partial charge in [0.2, 0.25) is 0 Å². The van der Waals surface area contributed by atoms with Crippen LogP contribution in [0.1, 0.15) is 36.7 Å². The van der Waals surface area contributed by atoms with Gasteiger partial charge >= 0.3 is 5.97 Å². The van der Waals surface area contributed by atoms with E-state index in [4.69, 9.17) is 0 Å². The maximum absolute atomic E-state index is 16.0. The first-order valence-corrected chi connectivity index (χ1v) is 11.1. The van der Waals surface area contributed by atoms with Gasteiger partial charge in [0.05, 0.1) is 28.6 Å². The van der Waals surface area contributed by atoms with Crippen LogP contribution in [0.3, 0.4) is 0 Å². The van der Waals surface area contributed by atoms with Crippen LogP contribution in [0.25, 0.3) is 10.9 Å². The van der Waals surface area contributed by atoms with Gasteiger partial charge in [-0.15, -0.1) is 0 Å². The molecule has 1 aliphatic heterocycles. The summed E-state index contributed by atoms with van der Waals surface area (Å²) in [4.78, 5) is 14.7. The van der Waals surface area contributed by atoms with Crippen LogP contribution in [0, 0.1) is 11.6 Å². The van der Waals surface area contributed by atoms with Crippen LogP contribution in [0.4, 0.5) is 40.3 Å². The Kier molecular flexibility index (Phi) is 5.24. The van der Waals surface area contributed by atoms with Crippen molar-refractivity contribution in [2.75, 3.05) is 16.3 Å². The molecule has 0 unspecified atom stereocenters. The second-order valence-corrected chi connectivity index (χ2v) is 9.53. The fraction of sp³-hybridized carbons (Fsp3) is 0.231. The van der Waals surface area contributed by atoms with E-state index in [1.807, 2.05) is 13.8 Å². The number of fused-ring (bicyclic) bond motifs is 2. The van der Waals surface area contributed by atoms with E-state index in [2.05, 4.69) is 10.2 Å². The molecule has 4 aromatic rings. The largest absolute Gasteiger partial charge is 0.478 e. The molecule has 3 aromatic carbocycles. The number of hydrogen-bond donors (Lipinski definition) is 2. The summed E-state index contributed by atoms with van der Waals surface area (Å²) in [7, 11) is 0. The molecule has 10 heteroatoms. The summed E-state index contributed by atoms with van der Waals surface area (Å²) in [6.07, 6.45) is 1.46. The quantitative estimate of drug-likeness (QED) is 0.306. The van der Waals surface area contributed by atoms with Gasteiger partial charge in [-0.2, -0.15) is 5.10 Å². The van der Waals surface area contributed by atoms with Crippen molar-refractivity contribution in [1.29, 1.82) is 0 Å². The van der Waals surface area contributed by atoms with E-state index in [0.717, 1.165) is 12.1 Å². The number of anilines is 4. The third-order valence-electron chi connectivity index (χ3n) is 6.40. The summed E-state index contributed by atoms with van der Waals surface area (Å²) in [6, 6.07) is 11.2. The van der Waals surface area contributed by atoms with Crippen molar-refractivity contribution in [2.24, 2.45) is 0 Å². The summed E-state index contributed by atoms with van der Waals surface area (Å²) >= 11 is 0. The average molecular weight is 498 g/mol. The number of benzene rings is 3. The standard InChI is InChI=1S/C26H22F4N4O2/c1-25(2)13-33(16-6-4-14(5-7-16)24(35)36)23-20(10-15-12-31-32-22(15)21(23)28)34(25)17-8-9-19(27)18(11-17)26(3,29)30/h4-12H,13H2,1-3H3,(H,31,32)(H,35,36). The van der Waals surface area contributed by atoms with Crippen LogP contribution in [-0.2, 0) is 5.92 Å². The van der Waals surface area contributed by atoms with E-state index in [1.54, 1.807) is 28.0 Å². The minimum atomic E-state index is -3.42. The summed E-state index contributed by atoms with van der Waals surface area (Å²) in [6.45, 7) is 4.55.